The summed E-state index contributed by atoms with van der Waals surface area (Å²) in [6.07, 6.45) is 3.69. The van der Waals surface area contributed by atoms with Crippen molar-refractivity contribution in [2.24, 2.45) is 41.4 Å². The molecule has 486 valence electrons. The predicted molar refractivity (Wildman–Crippen MR) is 329 cm³/mol. The van der Waals surface area contributed by atoms with Crippen LogP contribution >= 0.6 is 0 Å². The van der Waals surface area contributed by atoms with Crippen molar-refractivity contribution >= 4 is 65.0 Å². The Morgan fingerprint density at radius 3 is 1.40 bits per heavy atom. The molecule has 85 heavy (non-hydrogen) atoms. The van der Waals surface area contributed by atoms with Gasteiger partial charge in [-0.25, -0.2) is 4.79 Å². The molecule has 0 spiro atoms. The van der Waals surface area contributed by atoms with Gasteiger partial charge in [0.1, 0.15) is 66.5 Å². The molecule has 0 aliphatic carbocycles. The zero-order valence-corrected chi connectivity index (χ0v) is 56.1. The lowest BCUT2D eigenvalue weighted by molar-refractivity contribution is -0.167. The average Bonchev–Trinajstić information content (AvgIpc) is 3.63. The van der Waals surface area contributed by atoms with Crippen molar-refractivity contribution in [1.29, 1.82) is 0 Å². The average molecular weight is 1200 g/mol. The van der Waals surface area contributed by atoms with Crippen molar-refractivity contribution in [1.82, 2.24) is 56.0 Å². The molecule has 0 bridgehead atoms. The molecule has 23 nitrogen and oxygen atoms in total. The number of cyclic esters (lactones) is 1. The number of nitrogens with one attached hydrogen (secondary N) is 5. The van der Waals surface area contributed by atoms with Crippen LogP contribution in [0.5, 0.6) is 0 Å². The summed E-state index contributed by atoms with van der Waals surface area (Å²) in [6, 6.07) is -11.7. The van der Waals surface area contributed by atoms with Crippen LogP contribution in [0.1, 0.15) is 156 Å². The second-order valence-electron chi connectivity index (χ2n) is 25.9. The molecule has 1 heterocycles. The lowest BCUT2D eigenvalue weighted by atomic mass is 9.92. The summed E-state index contributed by atoms with van der Waals surface area (Å²) in [5.41, 5.74) is 0. The smallest absolute Gasteiger partial charge is 0.329 e. The Bertz CT molecular complexity index is 2310. The Hall–Kier alpha value is -6.13. The number of hydrogen-bond acceptors (Lipinski definition) is 13. The molecule has 10 amide bonds. The summed E-state index contributed by atoms with van der Waals surface area (Å²) in [4.78, 5) is 167. The third-order valence-corrected chi connectivity index (χ3v) is 15.9. The Balaban J connectivity index is 4.25. The molecule has 1 aliphatic rings. The van der Waals surface area contributed by atoms with Gasteiger partial charge in [0, 0.05) is 42.3 Å². The van der Waals surface area contributed by atoms with E-state index in [0.29, 0.717) is 6.42 Å². The first-order valence-corrected chi connectivity index (χ1v) is 30.6. The summed E-state index contributed by atoms with van der Waals surface area (Å²) >= 11 is 0. The molecule has 0 saturated carbocycles. The Morgan fingerprint density at radius 1 is 0.518 bits per heavy atom. The van der Waals surface area contributed by atoms with Crippen LogP contribution in [0.2, 0.25) is 0 Å². The first-order valence-electron chi connectivity index (χ1n) is 30.6. The SMILES string of the molecule is C/C=C/C[C@@H](C)[C@H]1OC(=O)[C@@H](C(C)C)N(C)C(=O)[C@H](CC(C)C)N(C)C(=O)[C@H](CC(C)C)N(C)C(=O)[C@@H](C)NC(=O)[C@H](C)NC(=O)[C@H](CC(C)C)N(C)C(=O)[C@H](C(C)C)NC(=O)[C@H](CC(C)C)N(C)C(=O)CN(C)C(=O)C(CC)NC(=O)[C@H]1NC. The van der Waals surface area contributed by atoms with Crippen molar-refractivity contribution in [2.45, 2.75) is 223 Å². The Labute approximate surface area is 509 Å². The highest BCUT2D eigenvalue weighted by molar-refractivity contribution is 5.98. The molecule has 1 unspecified atom stereocenters. The first kappa shape index (κ1) is 76.9. The maximum absolute atomic E-state index is 15.0. The second kappa shape index (κ2) is 35.5. The zero-order valence-electron chi connectivity index (χ0n) is 56.1. The number of rotatable bonds is 15. The number of nitrogens with zero attached hydrogens (tertiary/aromatic N) is 6. The molecule has 1 rings (SSSR count). The minimum absolute atomic E-state index is 0.0974. The highest BCUT2D eigenvalue weighted by Gasteiger charge is 2.44. The van der Waals surface area contributed by atoms with E-state index in [0.717, 1.165) is 4.90 Å². The molecule has 0 aromatic rings. The fourth-order valence-electron chi connectivity index (χ4n) is 10.6. The fraction of sp³-hybridized carbons (Fsp3) is 0.790. The van der Waals surface area contributed by atoms with Crippen LogP contribution in [0.15, 0.2) is 12.2 Å². The van der Waals surface area contributed by atoms with Crippen LogP contribution in [-0.2, 0) is 57.5 Å². The lowest BCUT2D eigenvalue weighted by Crippen LogP contribution is -2.61. The monoisotopic (exact) mass is 1200 g/mol. The van der Waals surface area contributed by atoms with Crippen molar-refractivity contribution < 1.29 is 57.5 Å². The number of esters is 1. The van der Waals surface area contributed by atoms with Crippen LogP contribution in [0.3, 0.4) is 0 Å². The number of carbonyl (C=O) groups is 11. The number of carbonyl (C=O) groups excluding carboxylic acids is 11. The minimum Gasteiger partial charge on any atom is -0.458 e. The summed E-state index contributed by atoms with van der Waals surface area (Å²) in [6.45, 7) is 29.7. The van der Waals surface area contributed by atoms with Crippen LogP contribution in [0.25, 0.3) is 0 Å². The zero-order chi connectivity index (χ0) is 65.8. The van der Waals surface area contributed by atoms with Crippen LogP contribution in [-0.4, -0.2) is 217 Å². The van der Waals surface area contributed by atoms with E-state index in [9.17, 15) is 47.9 Å². The highest BCUT2D eigenvalue weighted by atomic mass is 16.5. The summed E-state index contributed by atoms with van der Waals surface area (Å²) < 4.78 is 6.35. The normalized spacial score (nSPS) is 27.4. The van der Waals surface area contributed by atoms with Crippen molar-refractivity contribution in [3.05, 3.63) is 12.2 Å². The predicted octanol–water partition coefficient (Wildman–Crippen LogP) is 3.58. The van der Waals surface area contributed by atoms with E-state index in [-0.39, 0.29) is 55.8 Å². The van der Waals surface area contributed by atoms with Crippen LogP contribution in [0, 0.1) is 41.4 Å². The van der Waals surface area contributed by atoms with Crippen molar-refractivity contribution in [3.63, 3.8) is 0 Å². The van der Waals surface area contributed by atoms with E-state index in [1.54, 1.807) is 34.6 Å². The van der Waals surface area contributed by atoms with Gasteiger partial charge in [-0.15, -0.1) is 0 Å². The molecular formula is C62H111N11O12. The largest absolute Gasteiger partial charge is 0.458 e. The van der Waals surface area contributed by atoms with E-state index in [1.165, 1.54) is 87.7 Å². The number of hydrogen-bond donors (Lipinski definition) is 5. The molecule has 0 radical (unpaired) electrons. The second-order valence-corrected chi connectivity index (χ2v) is 25.9. The summed E-state index contributed by atoms with van der Waals surface area (Å²) in [5, 5.41) is 14.1. The number of ether oxygens (including phenoxy) is 1. The van der Waals surface area contributed by atoms with Gasteiger partial charge >= 0.3 is 5.97 Å². The molecule has 23 heteroatoms. The Kier molecular flexibility index (Phi) is 32.1. The fourth-order valence-corrected chi connectivity index (χ4v) is 10.6. The van der Waals surface area contributed by atoms with E-state index in [2.05, 4.69) is 26.6 Å². The van der Waals surface area contributed by atoms with Crippen molar-refractivity contribution in [3.8, 4) is 0 Å². The van der Waals surface area contributed by atoms with Gasteiger partial charge in [0.05, 0.1) is 6.54 Å². The minimum atomic E-state index is -1.23. The van der Waals surface area contributed by atoms with E-state index < -0.39 is 156 Å². The van der Waals surface area contributed by atoms with Gasteiger partial charge in [0.15, 0.2) is 0 Å². The lowest BCUT2D eigenvalue weighted by Gasteiger charge is -2.40. The topological polar surface area (TPSA) is 277 Å². The quantitative estimate of drug-likeness (QED) is 0.116. The Morgan fingerprint density at radius 2 is 0.953 bits per heavy atom. The molecule has 0 aromatic heterocycles. The van der Waals surface area contributed by atoms with Gasteiger partial charge in [-0.1, -0.05) is 109 Å². The summed E-state index contributed by atoms with van der Waals surface area (Å²) in [7, 11) is 10.2. The van der Waals surface area contributed by atoms with Gasteiger partial charge in [-0.05, 0) is 108 Å². The maximum Gasteiger partial charge on any atom is 0.329 e. The van der Waals surface area contributed by atoms with Gasteiger partial charge in [-0.3, -0.25) is 47.9 Å². The molecular weight excluding hydrogens is 1090 g/mol. The molecule has 1 saturated heterocycles. The molecule has 1 aliphatic heterocycles. The highest BCUT2D eigenvalue weighted by Crippen LogP contribution is 2.25. The van der Waals surface area contributed by atoms with E-state index in [1.807, 2.05) is 81.4 Å². The maximum atomic E-state index is 15.0. The number of likely N-dealkylation sites (N-methyl/N-ethyl adjacent to an activating group) is 7. The third kappa shape index (κ3) is 22.3. The molecule has 5 N–H and O–H groups in total. The molecule has 0 aromatic carbocycles. The van der Waals surface area contributed by atoms with Gasteiger partial charge in [-0.2, -0.15) is 0 Å². The standard InChI is InChI=1S/C62H111N11O12/c1-25-27-28-40(15)52-50(63-18)56(78)66-43(26-2)58(80)68(19)33-48(74)69(20)44(29-34(3)4)55(77)67-49(38(11)12)61(83)70(21)45(30-35(5)6)54(76)64-41(16)53(75)65-42(17)57(79)71(22)46(31-36(7)8)59(81)72(23)47(32-37(9)10)60(82)73(24)51(39(13)14)62(84)85-52/h25,27,34-47,49-52,63H,26,28-33H2,1-24H3,(H,64,76)(H,65,75)(H,66,78)(H,67,77)/b27-25+/t40-,41+,42-,43?,44+,45+,46+,47+,49+,50+,51-,52-/m1/s1. The van der Waals surface area contributed by atoms with Gasteiger partial charge < -0.3 is 60.7 Å². The number of allylic oxidation sites excluding steroid dienone is 2. The first-order chi connectivity index (χ1) is 39.3. The molecule has 1 fully saturated rings. The van der Waals surface area contributed by atoms with Gasteiger partial charge in [0.25, 0.3) is 0 Å². The summed E-state index contributed by atoms with van der Waals surface area (Å²) in [5.74, 6) is -9.18. The van der Waals surface area contributed by atoms with E-state index in [4.69, 9.17) is 4.74 Å². The molecule has 12 atom stereocenters. The van der Waals surface area contributed by atoms with Crippen LogP contribution in [0.4, 0.5) is 0 Å². The van der Waals surface area contributed by atoms with Crippen LogP contribution < -0.4 is 26.6 Å². The number of amides is 10. The van der Waals surface area contributed by atoms with Crippen molar-refractivity contribution in [2.75, 3.05) is 55.9 Å². The third-order valence-electron chi connectivity index (χ3n) is 15.9. The van der Waals surface area contributed by atoms with E-state index >= 15 is 4.79 Å². The van der Waals surface area contributed by atoms with Gasteiger partial charge in [0.2, 0.25) is 59.1 Å².